The van der Waals surface area contributed by atoms with Crippen LogP contribution >= 0.6 is 27.7 Å². The molecule has 0 saturated carbocycles. The van der Waals surface area contributed by atoms with E-state index in [1.807, 2.05) is 48.5 Å². The van der Waals surface area contributed by atoms with Crippen molar-refractivity contribution in [2.24, 2.45) is 0 Å². The van der Waals surface area contributed by atoms with E-state index >= 15 is 0 Å². The van der Waals surface area contributed by atoms with E-state index in [0.717, 1.165) is 10.0 Å². The molecule has 5 nitrogen and oxygen atoms in total. The van der Waals surface area contributed by atoms with Crippen LogP contribution in [0.15, 0.2) is 69.7 Å². The standard InChI is InChI=1S/C20H16BrN3O2S/c1-23-18(25)16(12-22)20-24(15-5-3-2-4-6-15)19(26)17(27-20)11-13-7-9-14(21)10-8-13/h2-10,17H,11H2,1H3,(H,23,25)/b20-16-/t17-/m1/s1. The number of hydrogen-bond donors (Lipinski definition) is 1. The molecule has 1 N–H and O–H groups in total. The van der Waals surface area contributed by atoms with E-state index in [2.05, 4.69) is 21.2 Å². The zero-order valence-electron chi connectivity index (χ0n) is 14.5. The summed E-state index contributed by atoms with van der Waals surface area (Å²) in [6, 6.07) is 18.8. The Morgan fingerprint density at radius 3 is 2.48 bits per heavy atom. The SMILES string of the molecule is CNC(=O)/C(C#N)=C1\S[C@H](Cc2ccc(Br)cc2)C(=O)N1c1ccccc1. The Hall–Kier alpha value is -2.56. The quantitative estimate of drug-likeness (QED) is 0.580. The van der Waals surface area contributed by atoms with Crippen molar-refractivity contribution in [3.05, 3.63) is 75.2 Å². The van der Waals surface area contributed by atoms with Gasteiger partial charge >= 0.3 is 0 Å². The summed E-state index contributed by atoms with van der Waals surface area (Å²) in [7, 11) is 1.47. The van der Waals surface area contributed by atoms with Gasteiger partial charge in [-0.05, 0) is 36.2 Å². The molecule has 0 radical (unpaired) electrons. The number of para-hydroxylation sites is 1. The number of likely N-dealkylation sites (N-methyl/N-ethyl adjacent to an activating group) is 1. The summed E-state index contributed by atoms with van der Waals surface area (Å²) in [6.07, 6.45) is 0.510. The van der Waals surface area contributed by atoms with Gasteiger partial charge in [0.05, 0.1) is 5.25 Å². The molecule has 136 valence electrons. The van der Waals surface area contributed by atoms with Crippen LogP contribution in [0.5, 0.6) is 0 Å². The van der Waals surface area contributed by atoms with Gasteiger partial charge in [0.25, 0.3) is 5.91 Å². The molecule has 0 aromatic heterocycles. The number of halogens is 1. The summed E-state index contributed by atoms with van der Waals surface area (Å²) in [5.41, 5.74) is 1.59. The Kier molecular flexibility index (Phi) is 5.99. The molecule has 0 spiro atoms. The highest BCUT2D eigenvalue weighted by Crippen LogP contribution is 2.41. The van der Waals surface area contributed by atoms with Crippen LogP contribution in [0.25, 0.3) is 0 Å². The fourth-order valence-corrected chi connectivity index (χ4v) is 4.33. The number of nitrogens with one attached hydrogen (secondary N) is 1. The third kappa shape index (κ3) is 4.07. The molecule has 27 heavy (non-hydrogen) atoms. The van der Waals surface area contributed by atoms with Crippen LogP contribution in [-0.2, 0) is 16.0 Å². The zero-order valence-corrected chi connectivity index (χ0v) is 16.9. The van der Waals surface area contributed by atoms with E-state index in [9.17, 15) is 14.9 Å². The molecule has 0 aliphatic carbocycles. The van der Waals surface area contributed by atoms with Crippen molar-refractivity contribution in [1.29, 1.82) is 5.26 Å². The first kappa shape index (κ1) is 19.2. The minimum atomic E-state index is -0.502. The first-order chi connectivity index (χ1) is 13.0. The minimum absolute atomic E-state index is 0.0574. The Labute approximate surface area is 170 Å². The van der Waals surface area contributed by atoms with Crippen molar-refractivity contribution < 1.29 is 9.59 Å². The van der Waals surface area contributed by atoms with Gasteiger partial charge in [-0.25, -0.2) is 0 Å². The smallest absolute Gasteiger partial charge is 0.264 e. The largest absolute Gasteiger partial charge is 0.354 e. The highest BCUT2D eigenvalue weighted by atomic mass is 79.9. The predicted octanol–water partition coefficient (Wildman–Crippen LogP) is 3.62. The normalized spacial score (nSPS) is 18.2. The van der Waals surface area contributed by atoms with Gasteiger partial charge in [0.15, 0.2) is 0 Å². The number of hydrogen-bond acceptors (Lipinski definition) is 4. The van der Waals surface area contributed by atoms with Crippen LogP contribution in [-0.4, -0.2) is 24.1 Å². The molecule has 2 amide bonds. The molecular formula is C20H16BrN3O2S. The monoisotopic (exact) mass is 441 g/mol. The topological polar surface area (TPSA) is 73.2 Å². The average Bonchev–Trinajstić information content (AvgIpc) is 3.00. The first-order valence-electron chi connectivity index (χ1n) is 8.21. The Balaban J connectivity index is 2.02. The molecule has 1 atom stereocenters. The second-order valence-electron chi connectivity index (χ2n) is 5.82. The van der Waals surface area contributed by atoms with E-state index in [1.165, 1.54) is 23.7 Å². The van der Waals surface area contributed by atoms with Crippen molar-refractivity contribution in [3.8, 4) is 6.07 Å². The summed E-state index contributed by atoms with van der Waals surface area (Å²) in [5.74, 6) is -0.640. The summed E-state index contributed by atoms with van der Waals surface area (Å²) in [6.45, 7) is 0. The zero-order chi connectivity index (χ0) is 19.4. The van der Waals surface area contributed by atoms with Gasteiger partial charge in [-0.15, -0.1) is 0 Å². The molecule has 1 saturated heterocycles. The minimum Gasteiger partial charge on any atom is -0.354 e. The molecule has 2 aromatic rings. The molecule has 1 heterocycles. The Morgan fingerprint density at radius 2 is 1.89 bits per heavy atom. The second kappa shape index (κ2) is 8.42. The van der Waals surface area contributed by atoms with Gasteiger partial charge in [0.2, 0.25) is 5.91 Å². The van der Waals surface area contributed by atoms with Crippen LogP contribution in [0.1, 0.15) is 5.56 Å². The maximum atomic E-state index is 13.1. The maximum absolute atomic E-state index is 13.1. The number of rotatable bonds is 4. The highest BCUT2D eigenvalue weighted by molar-refractivity contribution is 9.10. The van der Waals surface area contributed by atoms with E-state index < -0.39 is 11.2 Å². The van der Waals surface area contributed by atoms with Crippen LogP contribution in [0, 0.1) is 11.3 Å². The number of anilines is 1. The molecule has 2 aromatic carbocycles. The lowest BCUT2D eigenvalue weighted by Gasteiger charge is -2.18. The van der Waals surface area contributed by atoms with Crippen LogP contribution in [0.4, 0.5) is 5.69 Å². The van der Waals surface area contributed by atoms with E-state index in [4.69, 9.17) is 0 Å². The van der Waals surface area contributed by atoms with Crippen molar-refractivity contribution in [3.63, 3.8) is 0 Å². The van der Waals surface area contributed by atoms with E-state index in [0.29, 0.717) is 17.1 Å². The van der Waals surface area contributed by atoms with Crippen LogP contribution in [0.2, 0.25) is 0 Å². The summed E-state index contributed by atoms with van der Waals surface area (Å²) in [5, 5.41) is 12.0. The molecule has 1 fully saturated rings. The van der Waals surface area contributed by atoms with Crippen molar-refractivity contribution >= 4 is 45.2 Å². The fraction of sp³-hybridized carbons (Fsp3) is 0.150. The summed E-state index contributed by atoms with van der Waals surface area (Å²) >= 11 is 4.66. The molecule has 7 heteroatoms. The number of nitriles is 1. The highest BCUT2D eigenvalue weighted by Gasteiger charge is 2.40. The molecule has 1 aliphatic heterocycles. The lowest BCUT2D eigenvalue weighted by molar-refractivity contribution is -0.117. The number of carbonyl (C=O) groups excluding carboxylic acids is 2. The van der Waals surface area contributed by atoms with Crippen molar-refractivity contribution in [2.75, 3.05) is 11.9 Å². The van der Waals surface area contributed by atoms with E-state index in [1.54, 1.807) is 12.1 Å². The number of carbonyl (C=O) groups is 2. The Morgan fingerprint density at radius 1 is 1.22 bits per heavy atom. The molecule has 1 aliphatic rings. The van der Waals surface area contributed by atoms with Crippen molar-refractivity contribution in [1.82, 2.24) is 5.32 Å². The third-order valence-corrected chi connectivity index (χ3v) is 5.87. The van der Waals surface area contributed by atoms with Crippen LogP contribution in [0.3, 0.4) is 0 Å². The van der Waals surface area contributed by atoms with Gasteiger partial charge in [-0.1, -0.05) is 58.0 Å². The van der Waals surface area contributed by atoms with Crippen molar-refractivity contribution in [2.45, 2.75) is 11.7 Å². The van der Waals surface area contributed by atoms with Crippen LogP contribution < -0.4 is 10.2 Å². The number of thioether (sulfide) groups is 1. The van der Waals surface area contributed by atoms with E-state index in [-0.39, 0.29) is 11.5 Å². The summed E-state index contributed by atoms with van der Waals surface area (Å²) in [4.78, 5) is 26.8. The second-order valence-corrected chi connectivity index (χ2v) is 7.92. The summed E-state index contributed by atoms with van der Waals surface area (Å²) < 4.78 is 0.967. The average molecular weight is 442 g/mol. The fourth-order valence-electron chi connectivity index (χ4n) is 2.76. The van der Waals surface area contributed by atoms with Gasteiger partial charge < -0.3 is 5.32 Å². The van der Waals surface area contributed by atoms with Gasteiger partial charge in [-0.2, -0.15) is 5.26 Å². The number of nitrogens with zero attached hydrogens (tertiary/aromatic N) is 2. The van der Waals surface area contributed by atoms with Gasteiger partial charge in [0.1, 0.15) is 16.7 Å². The lowest BCUT2D eigenvalue weighted by atomic mass is 10.1. The van der Waals surface area contributed by atoms with Gasteiger partial charge in [-0.3, -0.25) is 14.5 Å². The third-order valence-electron chi connectivity index (χ3n) is 4.08. The Bertz CT molecular complexity index is 936. The number of amides is 2. The number of benzene rings is 2. The first-order valence-corrected chi connectivity index (χ1v) is 9.89. The predicted molar refractivity (Wildman–Crippen MR) is 110 cm³/mol. The van der Waals surface area contributed by atoms with Gasteiger partial charge in [0, 0.05) is 17.2 Å². The lowest BCUT2D eigenvalue weighted by Crippen LogP contribution is -2.31. The molecule has 3 rings (SSSR count). The molecular weight excluding hydrogens is 426 g/mol. The molecule has 0 unspecified atom stereocenters. The maximum Gasteiger partial charge on any atom is 0.264 e. The molecule has 0 bridgehead atoms.